The number of nitrogens with two attached hydrogens (primary N) is 1. The second-order valence-corrected chi connectivity index (χ2v) is 3.79. The fraction of sp³-hybridized carbons (Fsp3) is 0.625. The minimum absolute atomic E-state index is 0.206. The number of rotatable bonds is 3. The van der Waals surface area contributed by atoms with E-state index in [1.807, 2.05) is 0 Å². The molecular weight excluding hydrogens is 186 g/mol. The van der Waals surface area contributed by atoms with E-state index in [9.17, 15) is 4.79 Å². The van der Waals surface area contributed by atoms with Crippen LogP contribution in [0, 0.1) is 5.92 Å². The Labute approximate surface area is 80.1 Å². The third-order valence-corrected chi connectivity index (χ3v) is 2.50. The Balaban J connectivity index is 2.27. The molecule has 0 aromatic carbocycles. The summed E-state index contributed by atoms with van der Waals surface area (Å²) >= 11 is 0. The summed E-state index contributed by atoms with van der Waals surface area (Å²) in [5.41, 5.74) is 5.27. The molecule has 3 N–H and O–H groups in total. The lowest BCUT2D eigenvalue weighted by Crippen LogP contribution is -2.35. The summed E-state index contributed by atoms with van der Waals surface area (Å²) in [4.78, 5) is 14.2. The molecule has 1 aliphatic rings. The molecule has 6 heteroatoms. The van der Waals surface area contributed by atoms with Gasteiger partial charge in [0.2, 0.25) is 5.89 Å². The SMILES string of the molecule is CC(N)(c1nc(C(=O)O)no1)C1CC1. The van der Waals surface area contributed by atoms with Gasteiger partial charge in [0.05, 0.1) is 5.54 Å². The van der Waals surface area contributed by atoms with Crippen LogP contribution in [0.15, 0.2) is 4.52 Å². The molecule has 0 saturated heterocycles. The van der Waals surface area contributed by atoms with Crippen molar-refractivity contribution >= 4 is 5.97 Å². The highest BCUT2D eigenvalue weighted by molar-refractivity contribution is 5.82. The average Bonchev–Trinajstić information content (AvgIpc) is 2.82. The summed E-state index contributed by atoms with van der Waals surface area (Å²) in [6, 6.07) is 0. The van der Waals surface area contributed by atoms with Gasteiger partial charge in [0, 0.05) is 0 Å². The van der Waals surface area contributed by atoms with Crippen LogP contribution >= 0.6 is 0 Å². The molecule has 2 rings (SSSR count). The largest absolute Gasteiger partial charge is 0.475 e. The van der Waals surface area contributed by atoms with Crippen molar-refractivity contribution in [1.82, 2.24) is 10.1 Å². The first-order chi connectivity index (χ1) is 6.51. The predicted molar refractivity (Wildman–Crippen MR) is 45.5 cm³/mol. The molecule has 76 valence electrons. The minimum Gasteiger partial charge on any atom is -0.475 e. The van der Waals surface area contributed by atoms with Gasteiger partial charge in [-0.1, -0.05) is 0 Å². The van der Waals surface area contributed by atoms with E-state index in [4.69, 9.17) is 15.4 Å². The maximum atomic E-state index is 10.5. The maximum absolute atomic E-state index is 10.5. The second kappa shape index (κ2) is 2.78. The number of aromatic carboxylic acids is 1. The lowest BCUT2D eigenvalue weighted by molar-refractivity contribution is 0.0680. The highest BCUT2D eigenvalue weighted by atomic mass is 16.5. The molecule has 1 aromatic rings. The molecule has 1 atom stereocenters. The molecule has 1 unspecified atom stereocenters. The summed E-state index contributed by atoms with van der Waals surface area (Å²) in [6.45, 7) is 1.78. The smallest absolute Gasteiger partial charge is 0.377 e. The van der Waals surface area contributed by atoms with Crippen LogP contribution in [-0.4, -0.2) is 21.2 Å². The summed E-state index contributed by atoms with van der Waals surface area (Å²) in [6.07, 6.45) is 2.05. The highest BCUT2D eigenvalue weighted by Crippen LogP contribution is 2.43. The monoisotopic (exact) mass is 197 g/mol. The number of hydrogen-bond donors (Lipinski definition) is 2. The lowest BCUT2D eigenvalue weighted by Gasteiger charge is -2.18. The Bertz CT molecular complexity index is 368. The molecule has 1 saturated carbocycles. The minimum atomic E-state index is -1.20. The van der Waals surface area contributed by atoms with Gasteiger partial charge in [-0.15, -0.1) is 0 Å². The normalized spacial score (nSPS) is 20.4. The van der Waals surface area contributed by atoms with E-state index in [0.29, 0.717) is 5.92 Å². The molecule has 14 heavy (non-hydrogen) atoms. The zero-order valence-corrected chi connectivity index (χ0v) is 7.73. The number of carboxylic acid groups (broad SMARTS) is 1. The Morgan fingerprint density at radius 2 is 2.36 bits per heavy atom. The number of carbonyl (C=O) groups is 1. The van der Waals surface area contributed by atoms with Crippen LogP contribution in [0.25, 0.3) is 0 Å². The second-order valence-electron chi connectivity index (χ2n) is 3.79. The number of carboxylic acids is 1. The fourth-order valence-corrected chi connectivity index (χ4v) is 1.39. The van der Waals surface area contributed by atoms with Gasteiger partial charge in [-0.05, 0) is 30.8 Å². The van der Waals surface area contributed by atoms with Gasteiger partial charge >= 0.3 is 5.97 Å². The van der Waals surface area contributed by atoms with E-state index >= 15 is 0 Å². The van der Waals surface area contributed by atoms with Gasteiger partial charge in [-0.3, -0.25) is 0 Å². The van der Waals surface area contributed by atoms with E-state index in [0.717, 1.165) is 12.8 Å². The third-order valence-electron chi connectivity index (χ3n) is 2.50. The van der Waals surface area contributed by atoms with Gasteiger partial charge in [-0.25, -0.2) is 4.79 Å². The molecule has 1 fully saturated rings. The van der Waals surface area contributed by atoms with Crippen molar-refractivity contribution in [3.63, 3.8) is 0 Å². The first-order valence-corrected chi connectivity index (χ1v) is 4.38. The fourth-order valence-electron chi connectivity index (χ4n) is 1.39. The van der Waals surface area contributed by atoms with Crippen molar-refractivity contribution in [2.45, 2.75) is 25.3 Å². The molecule has 6 nitrogen and oxygen atoms in total. The first-order valence-electron chi connectivity index (χ1n) is 4.38. The van der Waals surface area contributed by atoms with E-state index in [2.05, 4.69) is 10.1 Å². The average molecular weight is 197 g/mol. The Morgan fingerprint density at radius 1 is 1.71 bits per heavy atom. The van der Waals surface area contributed by atoms with Crippen LogP contribution in [-0.2, 0) is 5.54 Å². The van der Waals surface area contributed by atoms with Crippen molar-refractivity contribution < 1.29 is 14.4 Å². The van der Waals surface area contributed by atoms with Gasteiger partial charge in [0.15, 0.2) is 0 Å². The molecule has 0 radical (unpaired) electrons. The predicted octanol–water partition coefficient (Wildman–Crippen LogP) is 0.352. The van der Waals surface area contributed by atoms with Crippen molar-refractivity contribution in [3.05, 3.63) is 11.7 Å². The molecule has 0 amide bonds. The summed E-state index contributed by atoms with van der Waals surface area (Å²) < 4.78 is 4.83. The Hall–Kier alpha value is -1.43. The summed E-state index contributed by atoms with van der Waals surface area (Å²) in [5, 5.41) is 11.9. The van der Waals surface area contributed by atoms with Gasteiger partial charge < -0.3 is 15.4 Å². The molecule has 1 aliphatic carbocycles. The first kappa shape index (κ1) is 9.14. The van der Waals surface area contributed by atoms with Crippen LogP contribution in [0.2, 0.25) is 0 Å². The molecule has 0 bridgehead atoms. The van der Waals surface area contributed by atoms with Crippen LogP contribution in [0.4, 0.5) is 0 Å². The Morgan fingerprint density at radius 3 is 2.79 bits per heavy atom. The van der Waals surface area contributed by atoms with Crippen molar-refractivity contribution in [2.75, 3.05) is 0 Å². The number of hydrogen-bond acceptors (Lipinski definition) is 5. The van der Waals surface area contributed by atoms with E-state index < -0.39 is 11.5 Å². The van der Waals surface area contributed by atoms with Crippen molar-refractivity contribution in [2.24, 2.45) is 11.7 Å². The van der Waals surface area contributed by atoms with Crippen LogP contribution in [0.5, 0.6) is 0 Å². The Kier molecular flexibility index (Phi) is 1.81. The highest BCUT2D eigenvalue weighted by Gasteiger charge is 2.44. The van der Waals surface area contributed by atoms with Crippen molar-refractivity contribution in [1.29, 1.82) is 0 Å². The van der Waals surface area contributed by atoms with Crippen molar-refractivity contribution in [3.8, 4) is 0 Å². The van der Waals surface area contributed by atoms with E-state index in [-0.39, 0.29) is 11.7 Å². The summed E-state index contributed by atoms with van der Waals surface area (Å²) in [7, 11) is 0. The molecule has 1 aromatic heterocycles. The maximum Gasteiger partial charge on any atom is 0.377 e. The molecule has 1 heterocycles. The topological polar surface area (TPSA) is 102 Å². The van der Waals surface area contributed by atoms with Crippen LogP contribution in [0.1, 0.15) is 36.3 Å². The van der Waals surface area contributed by atoms with E-state index in [1.165, 1.54) is 0 Å². The lowest BCUT2D eigenvalue weighted by atomic mass is 9.97. The van der Waals surface area contributed by atoms with Crippen LogP contribution < -0.4 is 5.73 Å². The molecular formula is C8H11N3O3. The molecule has 0 aliphatic heterocycles. The standard InChI is InChI=1S/C8H11N3O3/c1-8(9,4-2-3-4)7-10-5(6(12)13)11-14-7/h4H,2-3,9H2,1H3,(H,12,13). The zero-order valence-electron chi connectivity index (χ0n) is 7.73. The number of aromatic nitrogens is 2. The quantitative estimate of drug-likeness (QED) is 0.724. The molecule has 0 spiro atoms. The third kappa shape index (κ3) is 1.37. The van der Waals surface area contributed by atoms with E-state index in [1.54, 1.807) is 6.92 Å². The van der Waals surface area contributed by atoms with Gasteiger partial charge in [0.25, 0.3) is 5.82 Å². The number of nitrogens with zero attached hydrogens (tertiary/aromatic N) is 2. The van der Waals surface area contributed by atoms with Gasteiger partial charge in [-0.2, -0.15) is 4.98 Å². The zero-order chi connectivity index (χ0) is 10.3. The van der Waals surface area contributed by atoms with Crippen LogP contribution in [0.3, 0.4) is 0 Å². The van der Waals surface area contributed by atoms with Gasteiger partial charge in [0.1, 0.15) is 0 Å². The summed E-state index contributed by atoms with van der Waals surface area (Å²) in [5.74, 6) is -1.01.